The van der Waals surface area contributed by atoms with Gasteiger partial charge in [0.25, 0.3) is 0 Å². The molecule has 3 N–H and O–H groups in total. The van der Waals surface area contributed by atoms with Gasteiger partial charge < -0.3 is 34.8 Å². The van der Waals surface area contributed by atoms with Crippen LogP contribution in [0.3, 0.4) is 0 Å². The van der Waals surface area contributed by atoms with E-state index in [9.17, 15) is 29.1 Å². The number of benzene rings is 3. The molecule has 3 saturated heterocycles. The second kappa shape index (κ2) is 15.5. The number of carbonyl (C=O) groups is 5. The van der Waals surface area contributed by atoms with Gasteiger partial charge in [0.1, 0.15) is 18.1 Å². The van der Waals surface area contributed by atoms with Gasteiger partial charge in [-0.1, -0.05) is 23.7 Å². The molecule has 0 saturated carbocycles. The Balaban J connectivity index is 1.04. The molecule has 17 nitrogen and oxygen atoms in total. The predicted octanol–water partition coefficient (Wildman–Crippen LogP) is 2.75. The SMILES string of the molecule is O=C(O)c1cc2cc(NC(=O)C(Cc3ccc(N4CCN(C5CCOCC5)CC4=O)cc3)N3CCN(c4cc(Cl)ccc4-n4cnnn4)C(=O)C3=O)ccc2[nH]1. The van der Waals surface area contributed by atoms with Crippen molar-refractivity contribution < 1.29 is 33.8 Å². The molecule has 4 amide bonds. The zero-order valence-electron chi connectivity index (χ0n) is 30.0. The number of fused-ring (bicyclic) bond motifs is 1. The van der Waals surface area contributed by atoms with Crippen LogP contribution in [0.4, 0.5) is 17.1 Å². The molecule has 8 rings (SSSR count). The standard InChI is InChI=1S/C38H37ClN10O7/c39-25-3-8-31(49-22-40-43-44-49)32(20-25)47-13-14-48(37(53)36(47)52)33(35(51)41-26-4-7-29-24(18-26)19-30(42-29)38(54)55)17-23-1-5-28(6-2-23)46-12-11-45(21-34(46)50)27-9-15-56-16-10-27/h1-8,18-20,22,27,33,42H,9-17,21H2,(H,41,51)(H,54,55). The van der Waals surface area contributed by atoms with Crippen LogP contribution in [0.5, 0.6) is 0 Å². The van der Waals surface area contributed by atoms with E-state index in [0.717, 1.165) is 25.1 Å². The number of nitrogens with zero attached hydrogens (tertiary/aromatic N) is 8. The van der Waals surface area contributed by atoms with Crippen LogP contribution >= 0.6 is 11.6 Å². The van der Waals surface area contributed by atoms with Crippen LogP contribution in [0.1, 0.15) is 28.9 Å². The lowest BCUT2D eigenvalue weighted by molar-refractivity contribution is -0.149. The summed E-state index contributed by atoms with van der Waals surface area (Å²) in [6, 6.07) is 17.7. The van der Waals surface area contributed by atoms with Crippen LogP contribution in [0.2, 0.25) is 5.02 Å². The third-order valence-corrected chi connectivity index (χ3v) is 10.7. The highest BCUT2D eigenvalue weighted by Crippen LogP contribution is 2.31. The molecule has 1 atom stereocenters. The lowest BCUT2D eigenvalue weighted by atomic mass is 10.0. The maximum absolute atomic E-state index is 14.2. The molecule has 56 heavy (non-hydrogen) atoms. The highest BCUT2D eigenvalue weighted by atomic mass is 35.5. The number of carboxylic acid groups (broad SMARTS) is 1. The number of hydrogen-bond acceptors (Lipinski definition) is 10. The first-order valence-corrected chi connectivity index (χ1v) is 18.5. The molecule has 3 aliphatic rings. The molecular weight excluding hydrogens is 744 g/mol. The fourth-order valence-corrected chi connectivity index (χ4v) is 7.78. The lowest BCUT2D eigenvalue weighted by Crippen LogP contribution is -2.60. The van der Waals surface area contributed by atoms with Crippen molar-refractivity contribution in [2.45, 2.75) is 31.3 Å². The first-order valence-electron chi connectivity index (χ1n) is 18.2. The Hall–Kier alpha value is -6.17. The monoisotopic (exact) mass is 780 g/mol. The van der Waals surface area contributed by atoms with E-state index in [4.69, 9.17) is 16.3 Å². The summed E-state index contributed by atoms with van der Waals surface area (Å²) in [4.78, 5) is 76.3. The van der Waals surface area contributed by atoms with Gasteiger partial charge in [0.15, 0.2) is 0 Å². The Bertz CT molecular complexity index is 2310. The predicted molar refractivity (Wildman–Crippen MR) is 204 cm³/mol. The molecule has 3 aliphatic heterocycles. The number of aromatic amines is 1. The Morgan fingerprint density at radius 3 is 2.43 bits per heavy atom. The maximum Gasteiger partial charge on any atom is 0.352 e. The molecule has 288 valence electrons. The number of aromatic carboxylic acids is 1. The fourth-order valence-electron chi connectivity index (χ4n) is 7.61. The quantitative estimate of drug-likeness (QED) is 0.176. The lowest BCUT2D eigenvalue weighted by Gasteiger charge is -2.40. The molecule has 2 aromatic heterocycles. The minimum Gasteiger partial charge on any atom is -0.477 e. The van der Waals surface area contributed by atoms with Gasteiger partial charge in [-0.25, -0.2) is 4.79 Å². The van der Waals surface area contributed by atoms with Gasteiger partial charge in [-0.3, -0.25) is 24.1 Å². The third-order valence-electron chi connectivity index (χ3n) is 10.5. The average molecular weight is 781 g/mol. The van der Waals surface area contributed by atoms with Crippen molar-refractivity contribution in [3.8, 4) is 5.69 Å². The van der Waals surface area contributed by atoms with Gasteiger partial charge in [0.05, 0.1) is 17.9 Å². The van der Waals surface area contributed by atoms with E-state index < -0.39 is 29.7 Å². The number of tetrazole rings is 1. The number of nitrogens with one attached hydrogen (secondary N) is 2. The summed E-state index contributed by atoms with van der Waals surface area (Å²) in [7, 11) is 0. The number of ether oxygens (including phenoxy) is 1. The van der Waals surface area contributed by atoms with Crippen molar-refractivity contribution >= 4 is 69.2 Å². The molecule has 0 spiro atoms. The van der Waals surface area contributed by atoms with Gasteiger partial charge in [-0.15, -0.1) is 5.10 Å². The number of halogens is 1. The Labute approximate surface area is 324 Å². The van der Waals surface area contributed by atoms with Crippen LogP contribution in [-0.4, -0.2) is 128 Å². The van der Waals surface area contributed by atoms with E-state index in [1.54, 1.807) is 41.3 Å². The Kier molecular flexibility index (Phi) is 10.2. The molecular formula is C38H37ClN10O7. The molecule has 3 fully saturated rings. The molecule has 1 unspecified atom stereocenters. The van der Waals surface area contributed by atoms with E-state index in [1.807, 2.05) is 24.3 Å². The van der Waals surface area contributed by atoms with Crippen LogP contribution in [0, 0.1) is 0 Å². The van der Waals surface area contributed by atoms with E-state index in [-0.39, 0.29) is 31.1 Å². The minimum absolute atomic E-state index is 0.00220. The fraction of sp³-hybridized carbons (Fsp3) is 0.316. The molecule has 0 aliphatic carbocycles. The highest BCUT2D eigenvalue weighted by molar-refractivity contribution is 6.41. The maximum atomic E-state index is 14.2. The van der Waals surface area contributed by atoms with E-state index in [2.05, 4.69) is 30.7 Å². The van der Waals surface area contributed by atoms with E-state index in [0.29, 0.717) is 70.9 Å². The van der Waals surface area contributed by atoms with Gasteiger partial charge >= 0.3 is 17.8 Å². The molecule has 5 heterocycles. The summed E-state index contributed by atoms with van der Waals surface area (Å²) in [5.41, 5.74) is 3.12. The van der Waals surface area contributed by atoms with E-state index >= 15 is 0 Å². The topological polar surface area (TPSA) is 199 Å². The zero-order valence-corrected chi connectivity index (χ0v) is 30.8. The number of aromatic nitrogens is 5. The normalized spacial score (nSPS) is 17.8. The number of carbonyl (C=O) groups excluding carboxylic acids is 4. The summed E-state index contributed by atoms with van der Waals surface area (Å²) in [6.07, 6.45) is 3.24. The number of carboxylic acids is 1. The summed E-state index contributed by atoms with van der Waals surface area (Å²) < 4.78 is 6.85. The van der Waals surface area contributed by atoms with Gasteiger partial charge in [-0.2, -0.15) is 4.68 Å². The summed E-state index contributed by atoms with van der Waals surface area (Å²) >= 11 is 6.32. The molecule has 0 bridgehead atoms. The van der Waals surface area contributed by atoms with Crippen LogP contribution in [-0.2, 0) is 30.3 Å². The van der Waals surface area contributed by atoms with Crippen molar-refractivity contribution in [1.29, 1.82) is 0 Å². The highest BCUT2D eigenvalue weighted by Gasteiger charge is 2.41. The van der Waals surface area contributed by atoms with Crippen LogP contribution in [0.15, 0.2) is 73.1 Å². The zero-order chi connectivity index (χ0) is 38.9. The van der Waals surface area contributed by atoms with Crippen LogP contribution < -0.4 is 15.1 Å². The smallest absolute Gasteiger partial charge is 0.352 e. The second-order valence-corrected chi connectivity index (χ2v) is 14.3. The molecule has 18 heteroatoms. The number of anilines is 3. The summed E-state index contributed by atoms with van der Waals surface area (Å²) in [5, 5.41) is 24.5. The average Bonchev–Trinajstić information content (AvgIpc) is 3.90. The van der Waals surface area contributed by atoms with Crippen molar-refractivity contribution in [2.75, 3.05) is 61.1 Å². The van der Waals surface area contributed by atoms with Crippen molar-refractivity contribution in [3.05, 3.63) is 89.3 Å². The first kappa shape index (κ1) is 36.8. The second-order valence-electron chi connectivity index (χ2n) is 13.9. The number of hydrogen-bond donors (Lipinski definition) is 3. The molecule has 5 aromatic rings. The minimum atomic E-state index is -1.13. The summed E-state index contributed by atoms with van der Waals surface area (Å²) in [6.45, 7) is 3.08. The van der Waals surface area contributed by atoms with Gasteiger partial charge in [0, 0.05) is 79.2 Å². The molecule has 3 aromatic carbocycles. The Morgan fingerprint density at radius 1 is 0.911 bits per heavy atom. The number of amides is 4. The first-order chi connectivity index (χ1) is 27.1. The van der Waals surface area contributed by atoms with Crippen molar-refractivity contribution in [3.63, 3.8) is 0 Å². The number of piperazine rings is 2. The third kappa shape index (κ3) is 7.43. The molecule has 0 radical (unpaired) electrons. The van der Waals surface area contributed by atoms with Crippen molar-refractivity contribution in [1.82, 2.24) is 35.0 Å². The summed E-state index contributed by atoms with van der Waals surface area (Å²) in [5.74, 6) is -3.42. The van der Waals surface area contributed by atoms with Gasteiger partial charge in [0.2, 0.25) is 11.8 Å². The van der Waals surface area contributed by atoms with Crippen molar-refractivity contribution in [2.24, 2.45) is 0 Å². The van der Waals surface area contributed by atoms with Gasteiger partial charge in [-0.05, 0) is 83.4 Å². The van der Waals surface area contributed by atoms with E-state index in [1.165, 1.54) is 26.9 Å². The number of H-pyrrole nitrogens is 1. The number of rotatable bonds is 10. The largest absolute Gasteiger partial charge is 0.477 e. The van der Waals surface area contributed by atoms with Crippen LogP contribution in [0.25, 0.3) is 16.6 Å². The Morgan fingerprint density at radius 2 is 1.70 bits per heavy atom.